The van der Waals surface area contributed by atoms with Gasteiger partial charge in [-0.1, -0.05) is 0 Å². The van der Waals surface area contributed by atoms with Crippen molar-refractivity contribution >= 4 is 5.91 Å². The molecule has 10 heavy (non-hydrogen) atoms. The zero-order valence-electron chi connectivity index (χ0n) is 5.84. The van der Waals surface area contributed by atoms with E-state index < -0.39 is 0 Å². The Morgan fingerprint density at radius 2 is 2.30 bits per heavy atom. The Kier molecular flexibility index (Phi) is 2.24. The molecule has 1 aliphatic rings. The highest BCUT2D eigenvalue weighted by molar-refractivity contribution is 5.76. The van der Waals surface area contributed by atoms with Gasteiger partial charge in [0.1, 0.15) is 0 Å². The SMILES string of the molecule is NC(=O)C1CCNC(N)C1. The van der Waals surface area contributed by atoms with E-state index in [1.54, 1.807) is 0 Å². The summed E-state index contributed by atoms with van der Waals surface area (Å²) in [7, 11) is 0. The van der Waals surface area contributed by atoms with E-state index in [4.69, 9.17) is 11.5 Å². The third-order valence-electron chi connectivity index (χ3n) is 1.84. The smallest absolute Gasteiger partial charge is 0.220 e. The van der Waals surface area contributed by atoms with Crippen molar-refractivity contribution in [3.05, 3.63) is 0 Å². The van der Waals surface area contributed by atoms with Crippen molar-refractivity contribution in [1.82, 2.24) is 5.32 Å². The molecule has 0 bridgehead atoms. The van der Waals surface area contributed by atoms with E-state index in [2.05, 4.69) is 5.32 Å². The van der Waals surface area contributed by atoms with Gasteiger partial charge in [-0.3, -0.25) is 4.79 Å². The van der Waals surface area contributed by atoms with Gasteiger partial charge in [-0.2, -0.15) is 0 Å². The number of rotatable bonds is 1. The number of carbonyl (C=O) groups excluding carboxylic acids is 1. The minimum Gasteiger partial charge on any atom is -0.369 e. The first kappa shape index (κ1) is 7.50. The van der Waals surface area contributed by atoms with Crippen molar-refractivity contribution in [1.29, 1.82) is 0 Å². The van der Waals surface area contributed by atoms with Crippen molar-refractivity contribution in [2.75, 3.05) is 6.54 Å². The molecular weight excluding hydrogens is 130 g/mol. The normalized spacial score (nSPS) is 33.7. The molecule has 1 saturated heterocycles. The number of hydrogen-bond donors (Lipinski definition) is 3. The number of amides is 1. The second-order valence-electron chi connectivity index (χ2n) is 2.68. The highest BCUT2D eigenvalue weighted by Crippen LogP contribution is 2.12. The molecule has 4 nitrogen and oxygen atoms in total. The maximum absolute atomic E-state index is 10.6. The quantitative estimate of drug-likeness (QED) is 0.429. The zero-order valence-corrected chi connectivity index (χ0v) is 5.84. The van der Waals surface area contributed by atoms with Crippen LogP contribution in [0.25, 0.3) is 0 Å². The molecule has 5 N–H and O–H groups in total. The van der Waals surface area contributed by atoms with Gasteiger partial charge in [0, 0.05) is 5.92 Å². The van der Waals surface area contributed by atoms with E-state index in [-0.39, 0.29) is 18.0 Å². The van der Waals surface area contributed by atoms with Crippen molar-refractivity contribution in [3.63, 3.8) is 0 Å². The van der Waals surface area contributed by atoms with Crippen LogP contribution < -0.4 is 16.8 Å². The van der Waals surface area contributed by atoms with Crippen molar-refractivity contribution < 1.29 is 4.79 Å². The van der Waals surface area contributed by atoms with Crippen molar-refractivity contribution in [2.45, 2.75) is 19.0 Å². The van der Waals surface area contributed by atoms with E-state index in [1.165, 1.54) is 0 Å². The maximum atomic E-state index is 10.6. The van der Waals surface area contributed by atoms with Gasteiger partial charge >= 0.3 is 0 Å². The van der Waals surface area contributed by atoms with Crippen LogP contribution in [0, 0.1) is 5.92 Å². The first-order valence-corrected chi connectivity index (χ1v) is 3.48. The van der Waals surface area contributed by atoms with Crippen LogP contribution in [-0.2, 0) is 4.79 Å². The molecule has 1 fully saturated rings. The zero-order chi connectivity index (χ0) is 7.56. The Hall–Kier alpha value is -0.610. The Labute approximate surface area is 59.9 Å². The maximum Gasteiger partial charge on any atom is 0.220 e. The summed E-state index contributed by atoms with van der Waals surface area (Å²) >= 11 is 0. The lowest BCUT2D eigenvalue weighted by molar-refractivity contribution is -0.122. The van der Waals surface area contributed by atoms with Crippen LogP contribution in [-0.4, -0.2) is 18.6 Å². The third kappa shape index (κ3) is 1.68. The van der Waals surface area contributed by atoms with Crippen LogP contribution in [0.1, 0.15) is 12.8 Å². The minimum atomic E-state index is -0.225. The summed E-state index contributed by atoms with van der Waals surface area (Å²) in [6, 6.07) is 0. The van der Waals surface area contributed by atoms with Crippen LogP contribution in [0.5, 0.6) is 0 Å². The van der Waals surface area contributed by atoms with E-state index >= 15 is 0 Å². The van der Waals surface area contributed by atoms with Gasteiger partial charge < -0.3 is 16.8 Å². The van der Waals surface area contributed by atoms with E-state index in [0.29, 0.717) is 6.42 Å². The molecule has 0 spiro atoms. The Morgan fingerprint density at radius 3 is 2.70 bits per heavy atom. The number of nitrogens with one attached hydrogen (secondary N) is 1. The summed E-state index contributed by atoms with van der Waals surface area (Å²) in [5, 5.41) is 3.04. The predicted octanol–water partition coefficient (Wildman–Crippen LogP) is -1.24. The van der Waals surface area contributed by atoms with E-state index in [1.807, 2.05) is 0 Å². The molecule has 0 saturated carbocycles. The van der Waals surface area contributed by atoms with Crippen LogP contribution >= 0.6 is 0 Å². The van der Waals surface area contributed by atoms with Gasteiger partial charge in [0.05, 0.1) is 6.17 Å². The molecule has 0 radical (unpaired) electrons. The summed E-state index contributed by atoms with van der Waals surface area (Å²) in [6.45, 7) is 0.800. The lowest BCUT2D eigenvalue weighted by Crippen LogP contribution is -2.47. The van der Waals surface area contributed by atoms with Crippen LogP contribution in [0.3, 0.4) is 0 Å². The Balaban J connectivity index is 2.39. The van der Waals surface area contributed by atoms with Gasteiger partial charge in [-0.05, 0) is 19.4 Å². The average molecular weight is 143 g/mol. The van der Waals surface area contributed by atoms with Crippen LogP contribution in [0.15, 0.2) is 0 Å². The lowest BCUT2D eigenvalue weighted by Gasteiger charge is -2.25. The Morgan fingerprint density at radius 1 is 1.60 bits per heavy atom. The lowest BCUT2D eigenvalue weighted by atomic mass is 9.96. The van der Waals surface area contributed by atoms with Gasteiger partial charge in [-0.25, -0.2) is 0 Å². The first-order valence-electron chi connectivity index (χ1n) is 3.48. The molecule has 1 rings (SSSR count). The first-order chi connectivity index (χ1) is 4.70. The second kappa shape index (κ2) is 2.98. The van der Waals surface area contributed by atoms with Gasteiger partial charge in [-0.15, -0.1) is 0 Å². The predicted molar refractivity (Wildman–Crippen MR) is 37.9 cm³/mol. The molecule has 2 atom stereocenters. The van der Waals surface area contributed by atoms with Gasteiger partial charge in [0.2, 0.25) is 5.91 Å². The topological polar surface area (TPSA) is 81.1 Å². The summed E-state index contributed by atoms with van der Waals surface area (Å²) in [6.07, 6.45) is 1.45. The fraction of sp³-hybridized carbons (Fsp3) is 0.833. The number of nitrogens with two attached hydrogens (primary N) is 2. The molecule has 2 unspecified atom stereocenters. The molecule has 58 valence electrons. The van der Waals surface area contributed by atoms with Crippen LogP contribution in [0.4, 0.5) is 0 Å². The summed E-state index contributed by atoms with van der Waals surface area (Å²) in [4.78, 5) is 10.6. The summed E-state index contributed by atoms with van der Waals surface area (Å²) in [5.41, 5.74) is 10.7. The third-order valence-corrected chi connectivity index (χ3v) is 1.84. The number of hydrogen-bond acceptors (Lipinski definition) is 3. The fourth-order valence-corrected chi connectivity index (χ4v) is 1.21. The molecule has 1 heterocycles. The van der Waals surface area contributed by atoms with Crippen molar-refractivity contribution in [2.24, 2.45) is 17.4 Å². The van der Waals surface area contributed by atoms with E-state index in [9.17, 15) is 4.79 Å². The molecule has 4 heteroatoms. The molecule has 1 aliphatic heterocycles. The monoisotopic (exact) mass is 143 g/mol. The van der Waals surface area contributed by atoms with Crippen molar-refractivity contribution in [3.8, 4) is 0 Å². The molecule has 1 amide bonds. The fourth-order valence-electron chi connectivity index (χ4n) is 1.21. The minimum absolute atomic E-state index is 0.0174. The van der Waals surface area contributed by atoms with Gasteiger partial charge in [0.25, 0.3) is 0 Å². The summed E-state index contributed by atoms with van der Waals surface area (Å²) < 4.78 is 0. The van der Waals surface area contributed by atoms with E-state index in [0.717, 1.165) is 13.0 Å². The molecular formula is C6H13N3O. The van der Waals surface area contributed by atoms with Gasteiger partial charge in [0.15, 0.2) is 0 Å². The number of piperidine rings is 1. The molecule has 0 aromatic carbocycles. The highest BCUT2D eigenvalue weighted by atomic mass is 16.1. The standard InChI is InChI=1S/C6H13N3O/c7-5-3-4(6(8)10)1-2-9-5/h4-5,9H,1-3,7H2,(H2,8,10). The molecule has 0 aromatic heterocycles. The van der Waals surface area contributed by atoms with Crippen LogP contribution in [0.2, 0.25) is 0 Å². The highest BCUT2D eigenvalue weighted by Gasteiger charge is 2.22. The number of primary amides is 1. The summed E-state index contributed by atoms with van der Waals surface area (Å²) in [5.74, 6) is -0.242. The molecule has 0 aliphatic carbocycles. The second-order valence-corrected chi connectivity index (χ2v) is 2.68. The number of carbonyl (C=O) groups is 1. The average Bonchev–Trinajstić information content (AvgIpc) is 1.88. The Bertz CT molecular complexity index is 137. The largest absolute Gasteiger partial charge is 0.369 e. The molecule has 0 aromatic rings.